The second-order valence-electron chi connectivity index (χ2n) is 5.47. The van der Waals surface area contributed by atoms with E-state index in [0.29, 0.717) is 43.3 Å². The van der Waals surface area contributed by atoms with Crippen LogP contribution in [-0.2, 0) is 15.8 Å². The summed E-state index contributed by atoms with van der Waals surface area (Å²) in [7, 11) is -3.43. The molecule has 2 rings (SSSR count). The number of urea groups is 1. The van der Waals surface area contributed by atoms with Crippen molar-refractivity contribution in [3.8, 4) is 0 Å². The zero-order valence-corrected chi connectivity index (χ0v) is 14.7. The molecule has 2 amide bonds. The van der Waals surface area contributed by atoms with Crippen molar-refractivity contribution in [1.29, 1.82) is 0 Å². The lowest BCUT2D eigenvalue weighted by Gasteiger charge is -2.34. The van der Waals surface area contributed by atoms with Crippen molar-refractivity contribution in [2.24, 2.45) is 0 Å². The second kappa shape index (κ2) is 7.99. The molecule has 0 unspecified atom stereocenters. The van der Waals surface area contributed by atoms with Crippen LogP contribution in [0.3, 0.4) is 0 Å². The van der Waals surface area contributed by atoms with E-state index in [-0.39, 0.29) is 11.8 Å². The van der Waals surface area contributed by atoms with Gasteiger partial charge in [-0.15, -0.1) is 0 Å². The van der Waals surface area contributed by atoms with Crippen LogP contribution in [-0.4, -0.2) is 56.4 Å². The van der Waals surface area contributed by atoms with Crippen LogP contribution < -0.4 is 5.32 Å². The van der Waals surface area contributed by atoms with Crippen molar-refractivity contribution in [2.45, 2.75) is 19.1 Å². The van der Waals surface area contributed by atoms with E-state index in [2.05, 4.69) is 5.32 Å². The van der Waals surface area contributed by atoms with Gasteiger partial charge in [-0.1, -0.05) is 36.7 Å². The molecule has 0 atom stereocenters. The third kappa shape index (κ3) is 4.83. The minimum atomic E-state index is -3.43. The standard InChI is InChI=1S/C15H22ClN3O3S/c1-2-7-17-15(20)18-8-10-19(11-9-18)23(21,22)12-13-5-3-4-6-14(13)16/h3-6H,2,7-12H2,1H3,(H,17,20). The SMILES string of the molecule is CCCNC(=O)N1CCN(S(=O)(=O)Cc2ccccc2Cl)CC1. The van der Waals surface area contributed by atoms with Crippen LogP contribution in [0.1, 0.15) is 18.9 Å². The molecule has 0 bridgehead atoms. The number of nitrogens with one attached hydrogen (secondary N) is 1. The molecule has 0 aliphatic carbocycles. The number of piperazine rings is 1. The van der Waals surface area contributed by atoms with Gasteiger partial charge in [-0.3, -0.25) is 0 Å². The lowest BCUT2D eigenvalue weighted by Crippen LogP contribution is -2.53. The third-order valence-corrected chi connectivity index (χ3v) is 5.94. The molecule has 1 fully saturated rings. The second-order valence-corrected chi connectivity index (χ2v) is 7.84. The summed E-state index contributed by atoms with van der Waals surface area (Å²) in [6, 6.07) is 6.81. The number of carbonyl (C=O) groups is 1. The molecule has 0 aromatic heterocycles. The maximum atomic E-state index is 12.5. The largest absolute Gasteiger partial charge is 0.338 e. The number of amides is 2. The fourth-order valence-electron chi connectivity index (χ4n) is 2.42. The minimum Gasteiger partial charge on any atom is -0.338 e. The lowest BCUT2D eigenvalue weighted by atomic mass is 10.2. The average molecular weight is 360 g/mol. The van der Waals surface area contributed by atoms with Gasteiger partial charge in [0.2, 0.25) is 10.0 Å². The predicted octanol–water partition coefficient (Wildman–Crippen LogP) is 1.91. The van der Waals surface area contributed by atoms with Gasteiger partial charge in [0.15, 0.2) is 0 Å². The number of hydrogen-bond donors (Lipinski definition) is 1. The van der Waals surface area contributed by atoms with Gasteiger partial charge >= 0.3 is 6.03 Å². The molecule has 23 heavy (non-hydrogen) atoms. The van der Waals surface area contributed by atoms with Crippen molar-refractivity contribution < 1.29 is 13.2 Å². The van der Waals surface area contributed by atoms with Gasteiger partial charge in [0.25, 0.3) is 0 Å². The number of hydrogen-bond acceptors (Lipinski definition) is 3. The van der Waals surface area contributed by atoms with E-state index in [1.165, 1.54) is 4.31 Å². The molecule has 1 aliphatic heterocycles. The van der Waals surface area contributed by atoms with Gasteiger partial charge in [-0.05, 0) is 18.1 Å². The van der Waals surface area contributed by atoms with Crippen LogP contribution in [0, 0.1) is 0 Å². The van der Waals surface area contributed by atoms with E-state index in [9.17, 15) is 13.2 Å². The maximum Gasteiger partial charge on any atom is 0.317 e. The smallest absolute Gasteiger partial charge is 0.317 e. The summed E-state index contributed by atoms with van der Waals surface area (Å²) < 4.78 is 26.4. The lowest BCUT2D eigenvalue weighted by molar-refractivity contribution is 0.172. The minimum absolute atomic E-state index is 0.116. The van der Waals surface area contributed by atoms with E-state index in [1.54, 1.807) is 29.2 Å². The molecule has 1 aromatic rings. The Kier molecular flexibility index (Phi) is 6.26. The first-order valence-corrected chi connectivity index (χ1v) is 9.66. The van der Waals surface area contributed by atoms with E-state index in [4.69, 9.17) is 11.6 Å². The van der Waals surface area contributed by atoms with Crippen LogP contribution in [0.2, 0.25) is 5.02 Å². The highest BCUT2D eigenvalue weighted by molar-refractivity contribution is 7.88. The molecule has 1 saturated heterocycles. The Labute approximate surface area is 142 Å². The quantitative estimate of drug-likeness (QED) is 0.873. The fraction of sp³-hybridized carbons (Fsp3) is 0.533. The molecule has 0 spiro atoms. The van der Waals surface area contributed by atoms with Crippen LogP contribution in [0.4, 0.5) is 4.79 Å². The molecule has 0 radical (unpaired) electrons. The molecular weight excluding hydrogens is 338 g/mol. The van der Waals surface area contributed by atoms with Crippen molar-refractivity contribution in [1.82, 2.24) is 14.5 Å². The number of nitrogens with zero attached hydrogens (tertiary/aromatic N) is 2. The summed E-state index contributed by atoms with van der Waals surface area (Å²) in [4.78, 5) is 13.5. The number of rotatable bonds is 5. The van der Waals surface area contributed by atoms with Crippen molar-refractivity contribution in [3.05, 3.63) is 34.9 Å². The monoisotopic (exact) mass is 359 g/mol. The van der Waals surface area contributed by atoms with E-state index >= 15 is 0 Å². The summed E-state index contributed by atoms with van der Waals surface area (Å²) >= 11 is 6.04. The zero-order chi connectivity index (χ0) is 16.9. The van der Waals surface area contributed by atoms with Crippen molar-refractivity contribution >= 4 is 27.7 Å². The first-order chi connectivity index (χ1) is 10.9. The third-order valence-electron chi connectivity index (χ3n) is 3.74. The summed E-state index contributed by atoms with van der Waals surface area (Å²) in [5.41, 5.74) is 0.595. The highest BCUT2D eigenvalue weighted by atomic mass is 35.5. The first-order valence-electron chi connectivity index (χ1n) is 7.68. The van der Waals surface area contributed by atoms with Crippen LogP contribution >= 0.6 is 11.6 Å². The fourth-order valence-corrected chi connectivity index (χ4v) is 4.25. The number of halogens is 1. The molecule has 1 heterocycles. The maximum absolute atomic E-state index is 12.5. The Hall–Kier alpha value is -1.31. The normalized spacial score (nSPS) is 16.3. The van der Waals surface area contributed by atoms with E-state index in [0.717, 1.165) is 6.42 Å². The van der Waals surface area contributed by atoms with Gasteiger partial charge in [-0.2, -0.15) is 4.31 Å². The molecule has 1 aromatic carbocycles. The highest BCUT2D eigenvalue weighted by Crippen LogP contribution is 2.20. The predicted molar refractivity (Wildman–Crippen MR) is 90.9 cm³/mol. The summed E-state index contributed by atoms with van der Waals surface area (Å²) in [5, 5.41) is 3.26. The van der Waals surface area contributed by atoms with Gasteiger partial charge in [-0.25, -0.2) is 13.2 Å². The molecule has 6 nitrogen and oxygen atoms in total. The average Bonchev–Trinajstić information content (AvgIpc) is 2.55. The van der Waals surface area contributed by atoms with Crippen LogP contribution in [0.15, 0.2) is 24.3 Å². The number of benzene rings is 1. The molecule has 1 aliphatic rings. The number of carbonyl (C=O) groups excluding carboxylic acids is 1. The topological polar surface area (TPSA) is 69.7 Å². The van der Waals surface area contributed by atoms with Crippen molar-refractivity contribution in [2.75, 3.05) is 32.7 Å². The zero-order valence-electron chi connectivity index (χ0n) is 13.2. The number of sulfonamides is 1. The summed E-state index contributed by atoms with van der Waals surface area (Å²) in [6.07, 6.45) is 0.873. The summed E-state index contributed by atoms with van der Waals surface area (Å²) in [6.45, 7) is 4.04. The van der Waals surface area contributed by atoms with Gasteiger partial charge in [0.1, 0.15) is 0 Å². The van der Waals surface area contributed by atoms with Crippen LogP contribution in [0.25, 0.3) is 0 Å². The van der Waals surface area contributed by atoms with Gasteiger partial charge in [0, 0.05) is 37.7 Å². The van der Waals surface area contributed by atoms with E-state index in [1.807, 2.05) is 6.92 Å². The van der Waals surface area contributed by atoms with Gasteiger partial charge < -0.3 is 10.2 Å². The van der Waals surface area contributed by atoms with Crippen LogP contribution in [0.5, 0.6) is 0 Å². The Morgan fingerprint density at radius 2 is 1.87 bits per heavy atom. The Balaban J connectivity index is 1.93. The molecule has 8 heteroatoms. The molecular formula is C15H22ClN3O3S. The Bertz CT molecular complexity index is 643. The molecule has 128 valence electrons. The molecule has 1 N–H and O–H groups in total. The highest BCUT2D eigenvalue weighted by Gasteiger charge is 2.29. The first kappa shape index (κ1) is 18.0. The van der Waals surface area contributed by atoms with E-state index < -0.39 is 10.0 Å². The van der Waals surface area contributed by atoms with Gasteiger partial charge in [0.05, 0.1) is 5.75 Å². The molecule has 0 saturated carbocycles. The summed E-state index contributed by atoms with van der Waals surface area (Å²) in [5.74, 6) is -0.116. The van der Waals surface area contributed by atoms with Crippen molar-refractivity contribution in [3.63, 3.8) is 0 Å². The Morgan fingerprint density at radius 3 is 2.48 bits per heavy atom. The Morgan fingerprint density at radius 1 is 1.22 bits per heavy atom.